The van der Waals surface area contributed by atoms with Crippen LogP contribution in [0.1, 0.15) is 39.3 Å². The summed E-state index contributed by atoms with van der Waals surface area (Å²) in [4.78, 5) is 49.1. The number of hydrogen-bond acceptors (Lipinski definition) is 5. The van der Waals surface area contributed by atoms with Crippen LogP contribution in [0.5, 0.6) is 0 Å². The van der Waals surface area contributed by atoms with E-state index in [0.717, 1.165) is 0 Å². The molecule has 0 atom stereocenters. The molecule has 9 heteroatoms. The Kier molecular flexibility index (Phi) is 5.39. The average molecular weight is 438 g/mol. The standard InChI is InChI=1S/C22H16ClN3O5/c23-13-7-9-15(10-8-13)25-19-5-2-6-20(27)17(19)12-18(22(25)29)21(28)24-14-3-1-4-16(11-14)26(30)31/h1,3-4,7-12H,2,5-6H2,(H,24,28). The summed E-state index contributed by atoms with van der Waals surface area (Å²) in [6.45, 7) is 0. The second-order valence-electron chi connectivity index (χ2n) is 7.07. The van der Waals surface area contributed by atoms with Crippen molar-refractivity contribution in [2.75, 3.05) is 5.32 Å². The monoisotopic (exact) mass is 437 g/mol. The van der Waals surface area contributed by atoms with E-state index in [1.54, 1.807) is 24.3 Å². The van der Waals surface area contributed by atoms with Gasteiger partial charge in [0.1, 0.15) is 5.56 Å². The Bertz CT molecular complexity index is 1280. The maximum absolute atomic E-state index is 13.3. The molecule has 4 rings (SSSR count). The number of fused-ring (bicyclic) bond motifs is 1. The highest BCUT2D eigenvalue weighted by Gasteiger charge is 2.26. The Morgan fingerprint density at radius 2 is 1.81 bits per heavy atom. The zero-order chi connectivity index (χ0) is 22.1. The highest BCUT2D eigenvalue weighted by Crippen LogP contribution is 2.25. The minimum atomic E-state index is -0.755. The summed E-state index contributed by atoms with van der Waals surface area (Å²) in [6.07, 6.45) is 1.46. The van der Waals surface area contributed by atoms with Gasteiger partial charge in [-0.1, -0.05) is 17.7 Å². The third-order valence-corrected chi connectivity index (χ3v) is 5.32. The van der Waals surface area contributed by atoms with Gasteiger partial charge < -0.3 is 5.32 Å². The highest BCUT2D eigenvalue weighted by atomic mass is 35.5. The van der Waals surface area contributed by atoms with Gasteiger partial charge in [-0.25, -0.2) is 0 Å². The van der Waals surface area contributed by atoms with E-state index in [-0.39, 0.29) is 22.7 Å². The van der Waals surface area contributed by atoms with E-state index in [1.165, 1.54) is 34.9 Å². The predicted molar refractivity (Wildman–Crippen MR) is 115 cm³/mol. The molecule has 3 aromatic rings. The number of non-ortho nitro benzene ring substituents is 1. The average Bonchev–Trinajstić information content (AvgIpc) is 2.74. The summed E-state index contributed by atoms with van der Waals surface area (Å²) in [7, 11) is 0. The van der Waals surface area contributed by atoms with Crippen LogP contribution in [0.2, 0.25) is 5.02 Å². The first-order chi connectivity index (χ1) is 14.8. The van der Waals surface area contributed by atoms with Crippen molar-refractivity contribution in [2.45, 2.75) is 19.3 Å². The van der Waals surface area contributed by atoms with E-state index < -0.39 is 16.4 Å². The SMILES string of the molecule is O=C1CCCc2c1cc(C(=O)Nc1cccc([N+](=O)[O-])c1)c(=O)n2-c1ccc(Cl)cc1. The Hall–Kier alpha value is -3.78. The van der Waals surface area contributed by atoms with Gasteiger partial charge in [0.05, 0.1) is 4.92 Å². The first-order valence-electron chi connectivity index (χ1n) is 9.49. The van der Waals surface area contributed by atoms with Crippen molar-refractivity contribution in [1.29, 1.82) is 0 Å². The van der Waals surface area contributed by atoms with Gasteiger partial charge in [-0.2, -0.15) is 0 Å². The van der Waals surface area contributed by atoms with E-state index in [0.29, 0.717) is 41.2 Å². The summed E-state index contributed by atoms with van der Waals surface area (Å²) in [6, 6.07) is 13.2. The number of amides is 1. The molecule has 1 aliphatic carbocycles. The van der Waals surface area contributed by atoms with Gasteiger partial charge >= 0.3 is 0 Å². The molecule has 1 heterocycles. The van der Waals surface area contributed by atoms with Crippen molar-refractivity contribution in [1.82, 2.24) is 4.57 Å². The molecule has 0 radical (unpaired) electrons. The normalized spacial score (nSPS) is 12.9. The molecule has 1 aromatic heterocycles. The summed E-state index contributed by atoms with van der Waals surface area (Å²) >= 11 is 5.96. The van der Waals surface area contributed by atoms with Gasteiger partial charge in [0.2, 0.25) is 0 Å². The number of nitro benzene ring substituents is 1. The zero-order valence-corrected chi connectivity index (χ0v) is 16.9. The molecule has 1 aliphatic rings. The fraction of sp³-hybridized carbons (Fsp3) is 0.136. The Morgan fingerprint density at radius 3 is 2.52 bits per heavy atom. The number of Topliss-reactive ketones (excluding diaryl/α,β-unsaturated/α-hetero) is 1. The summed E-state index contributed by atoms with van der Waals surface area (Å²) in [5.74, 6) is -0.900. The molecule has 0 saturated heterocycles. The molecule has 0 bridgehead atoms. The molecule has 0 unspecified atom stereocenters. The quantitative estimate of drug-likeness (QED) is 0.486. The molecule has 2 aromatic carbocycles. The molecule has 0 aliphatic heterocycles. The van der Waals surface area contributed by atoms with Crippen LogP contribution < -0.4 is 10.9 Å². The minimum absolute atomic E-state index is 0.145. The lowest BCUT2D eigenvalue weighted by Gasteiger charge is -2.21. The van der Waals surface area contributed by atoms with Crippen molar-refractivity contribution in [3.8, 4) is 5.69 Å². The maximum atomic E-state index is 13.3. The number of pyridine rings is 1. The number of aromatic nitrogens is 1. The first kappa shape index (κ1) is 20.5. The second kappa shape index (κ2) is 8.16. The molecule has 0 fully saturated rings. The smallest absolute Gasteiger partial charge is 0.271 e. The third kappa shape index (κ3) is 3.97. The largest absolute Gasteiger partial charge is 0.322 e. The third-order valence-electron chi connectivity index (χ3n) is 5.07. The van der Waals surface area contributed by atoms with Gasteiger partial charge in [0.15, 0.2) is 5.78 Å². The second-order valence-corrected chi connectivity index (χ2v) is 7.51. The molecule has 1 amide bonds. The Balaban J connectivity index is 1.83. The van der Waals surface area contributed by atoms with Crippen molar-refractivity contribution in [3.63, 3.8) is 0 Å². The van der Waals surface area contributed by atoms with Crippen molar-refractivity contribution < 1.29 is 14.5 Å². The summed E-state index contributed by atoms with van der Waals surface area (Å²) in [5.41, 5.74) is 0.526. The van der Waals surface area contributed by atoms with E-state index >= 15 is 0 Å². The van der Waals surface area contributed by atoms with E-state index in [1.807, 2.05) is 0 Å². The van der Waals surface area contributed by atoms with E-state index in [2.05, 4.69) is 5.32 Å². The molecular weight excluding hydrogens is 422 g/mol. The number of carbonyl (C=O) groups excluding carboxylic acids is 2. The molecule has 1 N–H and O–H groups in total. The van der Waals surface area contributed by atoms with Crippen LogP contribution in [0, 0.1) is 10.1 Å². The first-order valence-corrected chi connectivity index (χ1v) is 9.87. The lowest BCUT2D eigenvalue weighted by molar-refractivity contribution is -0.384. The van der Waals surface area contributed by atoms with Gasteiger partial charge in [0, 0.05) is 46.2 Å². The molecular formula is C22H16ClN3O5. The molecule has 31 heavy (non-hydrogen) atoms. The van der Waals surface area contributed by atoms with Crippen molar-refractivity contribution >= 4 is 34.7 Å². The molecule has 8 nitrogen and oxygen atoms in total. The number of nitrogens with zero attached hydrogens (tertiary/aromatic N) is 2. The molecule has 156 valence electrons. The number of ketones is 1. The number of hydrogen-bond donors (Lipinski definition) is 1. The van der Waals surface area contributed by atoms with Crippen LogP contribution in [0.25, 0.3) is 5.69 Å². The maximum Gasteiger partial charge on any atom is 0.271 e. The molecule has 0 saturated carbocycles. The van der Waals surface area contributed by atoms with Crippen LogP contribution in [0.4, 0.5) is 11.4 Å². The van der Waals surface area contributed by atoms with Gasteiger partial charge in [-0.3, -0.25) is 29.1 Å². The topological polar surface area (TPSA) is 111 Å². The fourth-order valence-corrected chi connectivity index (χ4v) is 3.74. The molecule has 0 spiro atoms. The van der Waals surface area contributed by atoms with Crippen LogP contribution in [-0.2, 0) is 6.42 Å². The van der Waals surface area contributed by atoms with Crippen molar-refractivity contribution in [2.24, 2.45) is 0 Å². The van der Waals surface area contributed by atoms with Gasteiger partial charge in [-0.15, -0.1) is 0 Å². The number of benzene rings is 2. The lowest BCUT2D eigenvalue weighted by atomic mass is 9.92. The van der Waals surface area contributed by atoms with Gasteiger partial charge in [0.25, 0.3) is 17.2 Å². The number of anilines is 1. The van der Waals surface area contributed by atoms with Gasteiger partial charge in [-0.05, 0) is 49.2 Å². The highest BCUT2D eigenvalue weighted by molar-refractivity contribution is 6.30. The number of halogens is 1. The fourth-order valence-electron chi connectivity index (χ4n) is 3.61. The minimum Gasteiger partial charge on any atom is -0.322 e. The number of nitrogens with one attached hydrogen (secondary N) is 1. The number of nitro groups is 1. The zero-order valence-electron chi connectivity index (χ0n) is 16.1. The summed E-state index contributed by atoms with van der Waals surface area (Å²) < 4.78 is 1.37. The number of carbonyl (C=O) groups is 2. The van der Waals surface area contributed by atoms with Crippen LogP contribution in [0.3, 0.4) is 0 Å². The van der Waals surface area contributed by atoms with Crippen LogP contribution in [0.15, 0.2) is 59.4 Å². The van der Waals surface area contributed by atoms with E-state index in [9.17, 15) is 24.5 Å². The Labute approximate surface area is 181 Å². The lowest BCUT2D eigenvalue weighted by Crippen LogP contribution is -2.33. The Morgan fingerprint density at radius 1 is 1.06 bits per heavy atom. The predicted octanol–water partition coefficient (Wildman–Crippen LogP) is 4.17. The number of rotatable bonds is 4. The van der Waals surface area contributed by atoms with Crippen molar-refractivity contribution in [3.05, 3.63) is 96.9 Å². The van der Waals surface area contributed by atoms with Crippen LogP contribution >= 0.6 is 11.6 Å². The van der Waals surface area contributed by atoms with Crippen LogP contribution in [-0.4, -0.2) is 21.2 Å². The summed E-state index contributed by atoms with van der Waals surface area (Å²) in [5, 5.41) is 14.0. The van der Waals surface area contributed by atoms with E-state index in [4.69, 9.17) is 11.6 Å².